The van der Waals surface area contributed by atoms with Crippen molar-refractivity contribution in [2.75, 3.05) is 13.2 Å². The van der Waals surface area contributed by atoms with E-state index in [0.717, 1.165) is 10.9 Å². The fourth-order valence-electron chi connectivity index (χ4n) is 5.11. The topological polar surface area (TPSA) is 138 Å². The average Bonchev–Trinajstić information content (AvgIpc) is 2.96. The third-order valence-corrected chi connectivity index (χ3v) is 8.07. The van der Waals surface area contributed by atoms with Crippen LogP contribution in [-0.4, -0.2) is 63.9 Å². The zero-order valence-electron chi connectivity index (χ0n) is 24.3. The number of nitrogens with zero attached hydrogens (tertiary/aromatic N) is 2. The van der Waals surface area contributed by atoms with Gasteiger partial charge in [-0.3, -0.25) is 24.2 Å². The Morgan fingerprint density at radius 1 is 1.15 bits per heavy atom. The summed E-state index contributed by atoms with van der Waals surface area (Å²) in [5.74, 6) is -2.46. The Labute approximate surface area is 240 Å². The molecule has 2 amide bonds. The molecule has 4 rings (SSSR count). The number of nitrogens with one attached hydrogen (secondary N) is 2. The van der Waals surface area contributed by atoms with Gasteiger partial charge in [-0.25, -0.2) is 10.4 Å². The van der Waals surface area contributed by atoms with E-state index in [4.69, 9.17) is 9.72 Å². The third kappa shape index (κ3) is 6.82. The zero-order chi connectivity index (χ0) is 29.9. The number of carbonyl (C=O) groups is 4. The van der Waals surface area contributed by atoms with Crippen molar-refractivity contribution in [3.8, 4) is 0 Å². The van der Waals surface area contributed by atoms with Crippen LogP contribution in [0.4, 0.5) is 0 Å². The first-order valence-electron chi connectivity index (χ1n) is 14.2. The van der Waals surface area contributed by atoms with Gasteiger partial charge < -0.3 is 15.2 Å². The average molecular weight is 565 g/mol. The minimum Gasteiger partial charge on any atom is -0.455 e. The molecule has 1 aromatic heterocycles. The van der Waals surface area contributed by atoms with Crippen LogP contribution in [0, 0.1) is 17.3 Å². The molecule has 5 bridgehead atoms. The van der Waals surface area contributed by atoms with Gasteiger partial charge in [0.1, 0.15) is 24.0 Å². The van der Waals surface area contributed by atoms with Gasteiger partial charge in [-0.05, 0) is 57.2 Å². The molecule has 1 saturated heterocycles. The maximum Gasteiger partial charge on any atom is 0.325 e. The Hall–Kier alpha value is -3.63. The van der Waals surface area contributed by atoms with E-state index >= 15 is 0 Å². The van der Waals surface area contributed by atoms with Gasteiger partial charge in [0.2, 0.25) is 5.91 Å². The number of benzene rings is 1. The summed E-state index contributed by atoms with van der Waals surface area (Å²) in [6.45, 7) is 8.61. The second-order valence-electron chi connectivity index (χ2n) is 11.7. The first kappa shape index (κ1) is 30.3. The van der Waals surface area contributed by atoms with Crippen molar-refractivity contribution in [1.82, 2.24) is 20.7 Å². The highest BCUT2D eigenvalue weighted by Gasteiger charge is 2.37. The van der Waals surface area contributed by atoms with Gasteiger partial charge in [0.25, 0.3) is 5.91 Å². The van der Waals surface area contributed by atoms with Crippen LogP contribution >= 0.6 is 0 Å². The van der Waals surface area contributed by atoms with E-state index in [0.29, 0.717) is 30.6 Å². The Kier molecular flexibility index (Phi) is 9.24. The highest BCUT2D eigenvalue weighted by molar-refractivity contribution is 5.94. The standard InChI is InChI=1S/C31H40N4O6/c1-18(2)23-16-27(37)31(5,17-36)13-12-21-8-9-22-10-11-24(33-26(22)15-21)20(4)41-30(40)25-7-6-14-35(34-25)29(39)19(3)32-28(23)38/h8-13,15,18-20,23,25,34,36H,6-7,14,16-17H2,1-5H3,(H,32,38)/b13-12+/t19-,20+,23-,25-,31-/m0/s1. The van der Waals surface area contributed by atoms with Gasteiger partial charge in [-0.15, -0.1) is 0 Å². The lowest BCUT2D eigenvalue weighted by atomic mass is 9.78. The number of esters is 1. The summed E-state index contributed by atoms with van der Waals surface area (Å²) >= 11 is 0. The highest BCUT2D eigenvalue weighted by atomic mass is 16.5. The molecule has 2 aliphatic heterocycles. The van der Waals surface area contributed by atoms with Crippen molar-refractivity contribution in [1.29, 1.82) is 0 Å². The summed E-state index contributed by atoms with van der Waals surface area (Å²) < 4.78 is 5.74. The molecule has 5 atom stereocenters. The zero-order valence-corrected chi connectivity index (χ0v) is 24.3. The Bertz CT molecular complexity index is 1360. The number of aliphatic hydroxyl groups is 1. The number of aromatic nitrogens is 1. The molecule has 0 spiro atoms. The first-order chi connectivity index (χ1) is 19.4. The lowest BCUT2D eigenvalue weighted by molar-refractivity contribution is -0.157. The van der Waals surface area contributed by atoms with Crippen LogP contribution in [0.15, 0.2) is 36.4 Å². The number of ketones is 1. The molecule has 0 saturated carbocycles. The van der Waals surface area contributed by atoms with Crippen molar-refractivity contribution < 1.29 is 29.0 Å². The number of rotatable bonds is 2. The van der Waals surface area contributed by atoms with E-state index < -0.39 is 53.9 Å². The van der Waals surface area contributed by atoms with Crippen LogP contribution in [0.5, 0.6) is 0 Å². The Morgan fingerprint density at radius 3 is 2.59 bits per heavy atom. The van der Waals surface area contributed by atoms with Gasteiger partial charge in [0.15, 0.2) is 0 Å². The second-order valence-corrected chi connectivity index (χ2v) is 11.7. The first-order valence-corrected chi connectivity index (χ1v) is 14.2. The maximum absolute atomic E-state index is 13.5. The van der Waals surface area contributed by atoms with E-state index in [-0.39, 0.29) is 18.1 Å². The molecule has 1 fully saturated rings. The fraction of sp³-hybridized carbons (Fsp3) is 0.516. The van der Waals surface area contributed by atoms with Crippen LogP contribution in [0.2, 0.25) is 0 Å². The molecule has 10 heteroatoms. The van der Waals surface area contributed by atoms with E-state index in [2.05, 4.69) is 10.7 Å². The molecule has 0 aliphatic carbocycles. The number of aliphatic hydroxyl groups excluding tert-OH is 1. The highest BCUT2D eigenvalue weighted by Crippen LogP contribution is 2.28. The number of hydrazine groups is 1. The van der Waals surface area contributed by atoms with E-state index in [1.165, 1.54) is 5.01 Å². The van der Waals surface area contributed by atoms with Crippen LogP contribution in [-0.2, 0) is 23.9 Å². The number of pyridine rings is 1. The van der Waals surface area contributed by atoms with Gasteiger partial charge in [0, 0.05) is 24.3 Å². The summed E-state index contributed by atoms with van der Waals surface area (Å²) in [6.07, 6.45) is 3.78. The number of cyclic esters (lactones) is 1. The monoisotopic (exact) mass is 564 g/mol. The van der Waals surface area contributed by atoms with E-state index in [9.17, 15) is 24.3 Å². The third-order valence-electron chi connectivity index (χ3n) is 8.07. The molecule has 3 N–H and O–H groups in total. The quantitative estimate of drug-likeness (QED) is 0.473. The summed E-state index contributed by atoms with van der Waals surface area (Å²) in [4.78, 5) is 57.8. The molecule has 1 aromatic carbocycles. The Morgan fingerprint density at radius 2 is 1.88 bits per heavy atom. The SMILES string of the molecule is CC(C)[C@@H]1CC(=O)[C@](C)(CO)/C=C/c2ccc3ccc(nc3c2)[C@@H](C)OC(=O)[C@@H]2CCCN(N2)C(=O)[C@H](C)NC1=O. The lowest BCUT2D eigenvalue weighted by Gasteiger charge is -2.35. The number of Topliss-reactive ketones (excluding diaryl/α,β-unsaturated/α-hetero) is 1. The summed E-state index contributed by atoms with van der Waals surface area (Å²) in [5, 5.41) is 15.2. The van der Waals surface area contributed by atoms with Crippen molar-refractivity contribution in [2.24, 2.45) is 17.3 Å². The van der Waals surface area contributed by atoms with Gasteiger partial charge in [0.05, 0.1) is 23.2 Å². The molecule has 0 unspecified atom stereocenters. The predicted octanol–water partition coefficient (Wildman–Crippen LogP) is 3.10. The predicted molar refractivity (Wildman–Crippen MR) is 154 cm³/mol. The molecule has 220 valence electrons. The number of hydrogen-bond acceptors (Lipinski definition) is 8. The van der Waals surface area contributed by atoms with E-state index in [1.54, 1.807) is 32.9 Å². The van der Waals surface area contributed by atoms with Gasteiger partial charge in [-0.1, -0.05) is 44.2 Å². The van der Waals surface area contributed by atoms with Crippen LogP contribution in [0.3, 0.4) is 0 Å². The molecule has 41 heavy (non-hydrogen) atoms. The minimum atomic E-state index is -1.21. The minimum absolute atomic E-state index is 0.0950. The smallest absolute Gasteiger partial charge is 0.325 e. The maximum atomic E-state index is 13.5. The number of ether oxygens (including phenoxy) is 1. The van der Waals surface area contributed by atoms with Crippen molar-refractivity contribution >= 4 is 40.5 Å². The van der Waals surface area contributed by atoms with Crippen molar-refractivity contribution in [3.63, 3.8) is 0 Å². The van der Waals surface area contributed by atoms with Gasteiger partial charge in [-0.2, -0.15) is 0 Å². The van der Waals surface area contributed by atoms with Crippen LogP contribution in [0.25, 0.3) is 17.0 Å². The summed E-state index contributed by atoms with van der Waals surface area (Å²) in [5.41, 5.74) is 3.80. The number of hydrogen-bond donors (Lipinski definition) is 3. The van der Waals surface area contributed by atoms with Crippen LogP contribution < -0.4 is 10.7 Å². The molecule has 10 nitrogen and oxygen atoms in total. The number of amides is 2. The molecule has 3 heterocycles. The van der Waals surface area contributed by atoms with E-state index in [1.807, 2.05) is 44.2 Å². The largest absolute Gasteiger partial charge is 0.455 e. The van der Waals surface area contributed by atoms with Crippen LogP contribution in [0.1, 0.15) is 71.2 Å². The number of fused-ring (bicyclic) bond motifs is 4. The second kappa shape index (κ2) is 12.5. The molecule has 0 radical (unpaired) electrons. The molecular weight excluding hydrogens is 524 g/mol. The Balaban J connectivity index is 1.72. The fourth-order valence-corrected chi connectivity index (χ4v) is 5.11. The molecule has 2 aliphatic rings. The van der Waals surface area contributed by atoms with Crippen molar-refractivity contribution in [2.45, 2.75) is 72.1 Å². The molecular formula is C31H40N4O6. The lowest BCUT2D eigenvalue weighted by Crippen LogP contribution is -2.59. The molecule has 2 aromatic rings. The normalized spacial score (nSPS) is 29.4. The summed E-state index contributed by atoms with van der Waals surface area (Å²) in [6, 6.07) is 7.78. The van der Waals surface area contributed by atoms with Crippen molar-refractivity contribution in [3.05, 3.63) is 47.7 Å². The number of carbonyl (C=O) groups excluding carboxylic acids is 4. The summed E-state index contributed by atoms with van der Waals surface area (Å²) in [7, 11) is 0. The van der Waals surface area contributed by atoms with Gasteiger partial charge >= 0.3 is 5.97 Å².